The van der Waals surface area contributed by atoms with Gasteiger partial charge in [-0.3, -0.25) is 24.6 Å². The number of rotatable bonds is 7. The zero-order valence-corrected chi connectivity index (χ0v) is 18.7. The summed E-state index contributed by atoms with van der Waals surface area (Å²) in [7, 11) is 0. The topological polar surface area (TPSA) is 119 Å². The predicted molar refractivity (Wildman–Crippen MR) is 121 cm³/mol. The summed E-state index contributed by atoms with van der Waals surface area (Å²) in [6.07, 6.45) is 0.142. The van der Waals surface area contributed by atoms with Crippen LogP contribution in [0.5, 0.6) is 0 Å². The van der Waals surface area contributed by atoms with E-state index in [9.17, 15) is 24.5 Å². The fraction of sp³-hybridized carbons (Fsp3) is 0.227. The Hall–Kier alpha value is -3.37. The van der Waals surface area contributed by atoms with Crippen molar-refractivity contribution >= 4 is 46.8 Å². The Labute approximate surface area is 197 Å². The minimum atomic E-state index is -0.772. The summed E-state index contributed by atoms with van der Waals surface area (Å²) in [5.41, 5.74) is 1.26. The average molecular weight is 488 g/mol. The van der Waals surface area contributed by atoms with Crippen LogP contribution in [0, 0.1) is 10.1 Å². The lowest BCUT2D eigenvalue weighted by atomic mass is 10.0. The molecule has 1 saturated heterocycles. The van der Waals surface area contributed by atoms with Crippen LogP contribution in [0.3, 0.4) is 0 Å². The van der Waals surface area contributed by atoms with Gasteiger partial charge in [-0.1, -0.05) is 41.9 Å². The molecule has 2 heterocycles. The summed E-state index contributed by atoms with van der Waals surface area (Å²) < 4.78 is 5.29. The number of benzene rings is 2. The molecule has 2 aliphatic heterocycles. The van der Waals surface area contributed by atoms with E-state index < -0.39 is 28.2 Å². The number of nitrogens with zero attached hydrogens (tertiary/aromatic N) is 2. The van der Waals surface area contributed by atoms with E-state index in [1.807, 2.05) is 30.3 Å². The first-order chi connectivity index (χ1) is 15.8. The number of ether oxygens (including phenoxy) is 1. The van der Waals surface area contributed by atoms with Gasteiger partial charge in [0.1, 0.15) is 23.7 Å². The van der Waals surface area contributed by atoms with Gasteiger partial charge in [-0.2, -0.15) is 0 Å². The molecule has 2 aromatic rings. The molecule has 2 atom stereocenters. The van der Waals surface area contributed by atoms with Crippen molar-refractivity contribution in [3.8, 4) is 0 Å². The van der Waals surface area contributed by atoms with Gasteiger partial charge in [0.05, 0.1) is 16.4 Å². The Morgan fingerprint density at radius 1 is 1.15 bits per heavy atom. The number of hydrogen-bond acceptors (Lipinski definition) is 7. The van der Waals surface area contributed by atoms with E-state index in [1.54, 1.807) is 0 Å². The smallest absolute Gasteiger partial charge is 0.356 e. The lowest BCUT2D eigenvalue weighted by Crippen LogP contribution is -2.70. The number of halogens is 1. The van der Waals surface area contributed by atoms with Crippen LogP contribution in [0.1, 0.15) is 11.1 Å². The molecule has 4 rings (SSSR count). The minimum absolute atomic E-state index is 0.0408. The molecule has 0 aliphatic carbocycles. The molecule has 1 fully saturated rings. The van der Waals surface area contributed by atoms with E-state index in [2.05, 4.69) is 5.32 Å². The van der Waals surface area contributed by atoms with Crippen molar-refractivity contribution in [3.63, 3.8) is 0 Å². The molecule has 9 nitrogen and oxygen atoms in total. The van der Waals surface area contributed by atoms with E-state index in [0.29, 0.717) is 11.3 Å². The van der Waals surface area contributed by atoms with Crippen molar-refractivity contribution in [2.75, 3.05) is 5.75 Å². The Morgan fingerprint density at radius 3 is 2.52 bits per heavy atom. The van der Waals surface area contributed by atoms with E-state index in [1.165, 1.54) is 40.9 Å². The molecule has 0 spiro atoms. The van der Waals surface area contributed by atoms with Crippen molar-refractivity contribution in [2.45, 2.75) is 24.4 Å². The number of nitrogens with one attached hydrogen (secondary N) is 1. The van der Waals surface area contributed by atoms with Gasteiger partial charge in [0.15, 0.2) is 0 Å². The van der Waals surface area contributed by atoms with Gasteiger partial charge in [0.25, 0.3) is 11.6 Å². The van der Waals surface area contributed by atoms with Crippen LogP contribution >= 0.6 is 23.4 Å². The van der Waals surface area contributed by atoms with Crippen molar-refractivity contribution < 1.29 is 24.0 Å². The summed E-state index contributed by atoms with van der Waals surface area (Å²) in [4.78, 5) is 49.3. The average Bonchev–Trinajstić information content (AvgIpc) is 2.81. The predicted octanol–water partition coefficient (Wildman–Crippen LogP) is 2.73. The molecule has 0 bridgehead atoms. The maximum absolute atomic E-state index is 12.8. The molecule has 2 aromatic carbocycles. The summed E-state index contributed by atoms with van der Waals surface area (Å²) >= 11 is 7.59. The standard InChI is InChI=1S/C22H18ClN3O6S/c23-16-12-33-21-18(24-17(27)10-13-4-2-1-3-5-13)20(28)25(21)19(16)22(29)32-11-14-6-8-15(9-7-14)26(30)31/h1-9,18,21H,10-12H2,(H,24,27)/t18?,21-/m1/s1. The number of carbonyl (C=O) groups excluding carboxylic acids is 3. The van der Waals surface area contributed by atoms with Gasteiger partial charge in [-0.05, 0) is 23.3 Å². The molecular formula is C22H18ClN3O6S. The Bertz CT molecular complexity index is 1140. The zero-order chi connectivity index (χ0) is 23.5. The minimum Gasteiger partial charge on any atom is -0.456 e. The van der Waals surface area contributed by atoms with Gasteiger partial charge < -0.3 is 10.1 Å². The SMILES string of the molecule is O=C(Cc1ccccc1)NC1C(=O)N2C(C(=O)OCc3ccc([N+](=O)[O-])cc3)=C(Cl)CS[C@H]12. The number of thioether (sulfide) groups is 1. The Kier molecular flexibility index (Phi) is 6.66. The molecule has 11 heteroatoms. The van der Waals surface area contributed by atoms with Crippen LogP contribution < -0.4 is 5.32 Å². The van der Waals surface area contributed by atoms with E-state index in [-0.39, 0.29) is 35.4 Å². The first kappa shape index (κ1) is 22.8. The maximum Gasteiger partial charge on any atom is 0.356 e. The van der Waals surface area contributed by atoms with Gasteiger partial charge in [-0.25, -0.2) is 4.79 Å². The van der Waals surface area contributed by atoms with E-state index >= 15 is 0 Å². The molecule has 2 amide bonds. The van der Waals surface area contributed by atoms with Crippen molar-refractivity contribution in [3.05, 3.63) is 86.6 Å². The normalized spacial score (nSPS) is 19.4. The summed E-state index contributed by atoms with van der Waals surface area (Å²) in [5, 5.41) is 13.2. The van der Waals surface area contributed by atoms with Crippen molar-refractivity contribution in [1.82, 2.24) is 10.2 Å². The lowest BCUT2D eigenvalue weighted by Gasteiger charge is -2.49. The number of amides is 2. The number of carbonyl (C=O) groups is 3. The maximum atomic E-state index is 12.8. The van der Waals surface area contributed by atoms with Crippen molar-refractivity contribution in [1.29, 1.82) is 0 Å². The molecule has 1 N–H and O–H groups in total. The molecule has 0 saturated carbocycles. The van der Waals surface area contributed by atoms with Gasteiger partial charge in [-0.15, -0.1) is 11.8 Å². The Balaban J connectivity index is 1.37. The number of nitro benzene ring substituents is 1. The first-order valence-electron chi connectivity index (χ1n) is 9.92. The van der Waals surface area contributed by atoms with Crippen LogP contribution in [0.25, 0.3) is 0 Å². The molecule has 0 radical (unpaired) electrons. The third kappa shape index (κ3) is 4.86. The number of β-lactam (4-membered cyclic amide) rings is 1. The van der Waals surface area contributed by atoms with Crippen LogP contribution in [-0.2, 0) is 32.1 Å². The number of fused-ring (bicyclic) bond motifs is 1. The van der Waals surface area contributed by atoms with Gasteiger partial charge in [0, 0.05) is 17.9 Å². The number of esters is 1. The number of hydrogen-bond donors (Lipinski definition) is 1. The molecular weight excluding hydrogens is 470 g/mol. The van der Waals surface area contributed by atoms with Crippen LogP contribution in [0.2, 0.25) is 0 Å². The fourth-order valence-electron chi connectivity index (χ4n) is 3.51. The molecule has 2 aliphatic rings. The van der Waals surface area contributed by atoms with Crippen LogP contribution in [-0.4, -0.2) is 44.8 Å². The van der Waals surface area contributed by atoms with Gasteiger partial charge >= 0.3 is 5.97 Å². The molecule has 170 valence electrons. The highest BCUT2D eigenvalue weighted by molar-refractivity contribution is 8.00. The molecule has 1 unspecified atom stereocenters. The number of nitro groups is 1. The quantitative estimate of drug-likeness (QED) is 0.276. The summed E-state index contributed by atoms with van der Waals surface area (Å²) in [5.74, 6) is -1.20. The third-order valence-electron chi connectivity index (χ3n) is 5.16. The second-order valence-corrected chi connectivity index (χ2v) is 8.93. The molecule has 0 aromatic heterocycles. The number of non-ortho nitro benzene ring substituents is 1. The third-order valence-corrected chi connectivity index (χ3v) is 6.91. The zero-order valence-electron chi connectivity index (χ0n) is 17.1. The Morgan fingerprint density at radius 2 is 1.85 bits per heavy atom. The largest absolute Gasteiger partial charge is 0.456 e. The summed E-state index contributed by atoms with van der Waals surface area (Å²) in [6, 6.07) is 14.0. The van der Waals surface area contributed by atoms with E-state index in [4.69, 9.17) is 16.3 Å². The fourth-order valence-corrected chi connectivity index (χ4v) is 5.06. The van der Waals surface area contributed by atoms with Gasteiger partial charge in [0.2, 0.25) is 5.91 Å². The monoisotopic (exact) mass is 487 g/mol. The highest BCUT2D eigenvalue weighted by Gasteiger charge is 2.54. The highest BCUT2D eigenvalue weighted by Crippen LogP contribution is 2.41. The highest BCUT2D eigenvalue weighted by atomic mass is 35.5. The van der Waals surface area contributed by atoms with Crippen LogP contribution in [0.15, 0.2) is 65.3 Å². The van der Waals surface area contributed by atoms with Crippen molar-refractivity contribution in [2.24, 2.45) is 0 Å². The second kappa shape index (κ2) is 9.63. The van der Waals surface area contributed by atoms with Crippen LogP contribution in [0.4, 0.5) is 5.69 Å². The summed E-state index contributed by atoms with van der Waals surface area (Å²) in [6.45, 7) is -0.137. The van der Waals surface area contributed by atoms with E-state index in [0.717, 1.165) is 5.56 Å². The first-order valence-corrected chi connectivity index (χ1v) is 11.3. The second-order valence-electron chi connectivity index (χ2n) is 7.37. The molecule has 33 heavy (non-hydrogen) atoms. The lowest BCUT2D eigenvalue weighted by molar-refractivity contribution is -0.384.